The van der Waals surface area contributed by atoms with Crippen LogP contribution in [-0.2, 0) is 30.3 Å². The summed E-state index contributed by atoms with van der Waals surface area (Å²) in [6.07, 6.45) is 2.94. The highest BCUT2D eigenvalue weighted by atomic mass is 79.9. The Morgan fingerprint density at radius 3 is 2.34 bits per heavy atom. The summed E-state index contributed by atoms with van der Waals surface area (Å²) < 4.78 is 6.08. The standard InChI is InChI=1S/C26H24BrClN2O5/c27-17-8-9-19(18(28)12-17)29-21(31)13-35-26(34)20(10-14-4-2-1-3-5-14)30-24(32)22-15-6-7-16(11-15)23(22)25(30)33/h1-5,8-9,12,15-16,20,22-23H,6-7,10-11,13H2,(H,29,31)/t15-,16-,20-,22-,23-/m0/s1. The minimum absolute atomic E-state index is 0.131. The zero-order valence-electron chi connectivity index (χ0n) is 18.8. The number of nitrogens with one attached hydrogen (secondary N) is 1. The fourth-order valence-electron chi connectivity index (χ4n) is 5.87. The lowest BCUT2D eigenvalue weighted by atomic mass is 9.81. The maximum atomic E-state index is 13.4. The Morgan fingerprint density at radius 1 is 1.06 bits per heavy atom. The Bertz CT molecular complexity index is 1160. The van der Waals surface area contributed by atoms with Crippen molar-refractivity contribution in [3.63, 3.8) is 0 Å². The number of hydrogen-bond donors (Lipinski definition) is 1. The van der Waals surface area contributed by atoms with Gasteiger partial charge in [0.2, 0.25) is 11.8 Å². The highest BCUT2D eigenvalue weighted by molar-refractivity contribution is 9.10. The number of imide groups is 1. The van der Waals surface area contributed by atoms with E-state index in [-0.39, 0.29) is 41.9 Å². The molecule has 2 bridgehead atoms. The maximum Gasteiger partial charge on any atom is 0.330 e. The van der Waals surface area contributed by atoms with Gasteiger partial charge in [-0.2, -0.15) is 0 Å². The van der Waals surface area contributed by atoms with Crippen LogP contribution in [0.25, 0.3) is 0 Å². The predicted molar refractivity (Wildman–Crippen MR) is 132 cm³/mol. The van der Waals surface area contributed by atoms with Crippen LogP contribution in [0, 0.1) is 23.7 Å². The van der Waals surface area contributed by atoms with Gasteiger partial charge in [-0.1, -0.05) is 57.9 Å². The molecule has 0 unspecified atom stereocenters. The van der Waals surface area contributed by atoms with E-state index in [1.807, 2.05) is 30.3 Å². The average molecular weight is 560 g/mol. The van der Waals surface area contributed by atoms with E-state index in [9.17, 15) is 19.2 Å². The molecule has 5 atom stereocenters. The average Bonchev–Trinajstić information content (AvgIpc) is 3.52. The molecule has 9 heteroatoms. The van der Waals surface area contributed by atoms with Crippen molar-refractivity contribution in [3.05, 3.63) is 63.6 Å². The summed E-state index contributed by atoms with van der Waals surface area (Å²) in [7, 11) is 0. The third kappa shape index (κ3) is 4.61. The molecule has 5 rings (SSSR count). The molecule has 3 aliphatic rings. The molecule has 7 nitrogen and oxygen atoms in total. The van der Waals surface area contributed by atoms with Crippen molar-refractivity contribution in [2.75, 3.05) is 11.9 Å². The third-order valence-corrected chi connectivity index (χ3v) is 8.17. The van der Waals surface area contributed by atoms with Gasteiger partial charge in [-0.25, -0.2) is 4.79 Å². The summed E-state index contributed by atoms with van der Waals surface area (Å²) in [4.78, 5) is 53.5. The first-order valence-corrected chi connectivity index (χ1v) is 12.8. The van der Waals surface area contributed by atoms with Gasteiger partial charge in [0.15, 0.2) is 6.61 Å². The number of halogens is 2. The summed E-state index contributed by atoms with van der Waals surface area (Å²) in [6.45, 7) is -0.565. The Kier molecular flexibility index (Phi) is 6.68. The number of rotatable bonds is 7. The SMILES string of the molecule is O=C(COC(=O)[C@H](Cc1ccccc1)N1C(=O)[C@H]2[C@H]3CC[C@@H](C3)[C@@H]2C1=O)Nc1ccc(Br)cc1Cl. The van der Waals surface area contributed by atoms with Crippen LogP contribution in [-0.4, -0.2) is 41.2 Å². The van der Waals surface area contributed by atoms with Crippen LogP contribution in [0.4, 0.5) is 5.69 Å². The second kappa shape index (κ2) is 9.74. The van der Waals surface area contributed by atoms with Crippen LogP contribution in [0.3, 0.4) is 0 Å². The van der Waals surface area contributed by atoms with Gasteiger partial charge in [0.1, 0.15) is 6.04 Å². The summed E-state index contributed by atoms with van der Waals surface area (Å²) >= 11 is 9.44. The third-order valence-electron chi connectivity index (χ3n) is 7.37. The Morgan fingerprint density at radius 2 is 1.71 bits per heavy atom. The number of carbonyl (C=O) groups excluding carboxylic acids is 4. The Hall–Kier alpha value is -2.71. The molecule has 1 aliphatic heterocycles. The molecule has 0 aromatic heterocycles. The van der Waals surface area contributed by atoms with Crippen LogP contribution < -0.4 is 5.32 Å². The van der Waals surface area contributed by atoms with Crippen molar-refractivity contribution >= 4 is 56.9 Å². The smallest absolute Gasteiger partial charge is 0.330 e. The van der Waals surface area contributed by atoms with E-state index in [0.29, 0.717) is 10.7 Å². The summed E-state index contributed by atoms with van der Waals surface area (Å²) in [5, 5.41) is 2.93. The molecule has 2 aliphatic carbocycles. The summed E-state index contributed by atoms with van der Waals surface area (Å²) in [5.41, 5.74) is 1.17. The van der Waals surface area contributed by atoms with Crippen LogP contribution in [0.1, 0.15) is 24.8 Å². The van der Waals surface area contributed by atoms with Crippen LogP contribution in [0.5, 0.6) is 0 Å². The molecule has 0 spiro atoms. The van der Waals surface area contributed by atoms with Crippen molar-refractivity contribution in [2.45, 2.75) is 31.7 Å². The number of nitrogens with zero attached hydrogens (tertiary/aromatic N) is 1. The van der Waals surface area contributed by atoms with Crippen molar-refractivity contribution in [3.8, 4) is 0 Å². The van der Waals surface area contributed by atoms with Gasteiger partial charge in [0.05, 0.1) is 22.5 Å². The minimum Gasteiger partial charge on any atom is -0.454 e. The fraction of sp³-hybridized carbons (Fsp3) is 0.385. The Labute approximate surface area is 216 Å². The van der Waals surface area contributed by atoms with E-state index in [4.69, 9.17) is 16.3 Å². The molecule has 1 saturated heterocycles. The normalized spacial score (nSPS) is 25.5. The van der Waals surface area contributed by atoms with Crippen molar-refractivity contribution in [2.24, 2.45) is 23.7 Å². The monoisotopic (exact) mass is 558 g/mol. The van der Waals surface area contributed by atoms with Gasteiger partial charge >= 0.3 is 5.97 Å². The largest absolute Gasteiger partial charge is 0.454 e. The molecule has 0 radical (unpaired) electrons. The number of carbonyl (C=O) groups is 4. The molecule has 2 aromatic carbocycles. The lowest BCUT2D eigenvalue weighted by Gasteiger charge is -2.26. The molecular weight excluding hydrogens is 536 g/mol. The Balaban J connectivity index is 1.31. The van der Waals surface area contributed by atoms with Gasteiger partial charge in [-0.05, 0) is 54.9 Å². The second-order valence-electron chi connectivity index (χ2n) is 9.42. The molecule has 1 heterocycles. The quantitative estimate of drug-likeness (QED) is 0.405. The van der Waals surface area contributed by atoms with E-state index in [0.717, 1.165) is 34.2 Å². The zero-order chi connectivity index (χ0) is 24.7. The second-order valence-corrected chi connectivity index (χ2v) is 10.7. The molecule has 35 heavy (non-hydrogen) atoms. The van der Waals surface area contributed by atoms with Crippen molar-refractivity contribution < 1.29 is 23.9 Å². The zero-order valence-corrected chi connectivity index (χ0v) is 21.1. The first-order valence-electron chi connectivity index (χ1n) is 11.7. The number of benzene rings is 2. The number of likely N-dealkylation sites (tertiary alicyclic amines) is 1. The number of amides is 3. The van der Waals surface area contributed by atoms with Gasteiger partial charge in [0, 0.05) is 10.9 Å². The van der Waals surface area contributed by atoms with Crippen LogP contribution in [0.15, 0.2) is 53.0 Å². The summed E-state index contributed by atoms with van der Waals surface area (Å²) in [5.74, 6) is -2.17. The molecule has 182 valence electrons. The van der Waals surface area contributed by atoms with E-state index in [2.05, 4.69) is 21.2 Å². The number of esters is 1. The van der Waals surface area contributed by atoms with Crippen LogP contribution in [0.2, 0.25) is 5.02 Å². The predicted octanol–water partition coefficient (Wildman–Crippen LogP) is 4.23. The van der Waals surface area contributed by atoms with Crippen molar-refractivity contribution in [1.82, 2.24) is 4.90 Å². The highest BCUT2D eigenvalue weighted by Gasteiger charge is 2.62. The van der Waals surface area contributed by atoms with E-state index in [1.165, 1.54) is 0 Å². The first kappa shape index (κ1) is 24.0. The summed E-state index contributed by atoms with van der Waals surface area (Å²) in [6, 6.07) is 13.0. The number of hydrogen-bond acceptors (Lipinski definition) is 5. The number of anilines is 1. The fourth-order valence-corrected chi connectivity index (χ4v) is 6.59. The van der Waals surface area contributed by atoms with Gasteiger partial charge in [-0.3, -0.25) is 19.3 Å². The maximum absolute atomic E-state index is 13.4. The lowest BCUT2D eigenvalue weighted by Crippen LogP contribution is -2.48. The molecule has 2 aromatic rings. The van der Waals surface area contributed by atoms with Crippen LogP contribution >= 0.6 is 27.5 Å². The molecule has 1 N–H and O–H groups in total. The molecule has 3 fully saturated rings. The minimum atomic E-state index is -1.12. The molecule has 3 amide bonds. The molecular formula is C26H24BrClN2O5. The van der Waals surface area contributed by atoms with Gasteiger partial charge < -0.3 is 10.1 Å². The number of ether oxygens (including phenoxy) is 1. The first-order chi connectivity index (χ1) is 16.8. The van der Waals surface area contributed by atoms with Crippen molar-refractivity contribution in [1.29, 1.82) is 0 Å². The van der Waals surface area contributed by atoms with Gasteiger partial charge in [-0.15, -0.1) is 0 Å². The molecule has 2 saturated carbocycles. The van der Waals surface area contributed by atoms with E-state index in [1.54, 1.807) is 18.2 Å². The number of fused-ring (bicyclic) bond motifs is 5. The van der Waals surface area contributed by atoms with E-state index < -0.39 is 24.5 Å². The van der Waals surface area contributed by atoms with E-state index >= 15 is 0 Å². The van der Waals surface area contributed by atoms with Gasteiger partial charge in [0.25, 0.3) is 5.91 Å². The highest BCUT2D eigenvalue weighted by Crippen LogP contribution is 2.56. The lowest BCUT2D eigenvalue weighted by molar-refractivity contribution is -0.160. The topological polar surface area (TPSA) is 92.8 Å².